The van der Waals surface area contributed by atoms with E-state index in [-0.39, 0.29) is 0 Å². The lowest BCUT2D eigenvalue weighted by Gasteiger charge is -2.20. The maximum absolute atomic E-state index is 10.7. The molecule has 3 nitrogen and oxygen atoms in total. The zero-order valence-electron chi connectivity index (χ0n) is 21.4. The molecule has 1 N–H and O–H groups in total. The van der Waals surface area contributed by atoms with E-state index in [9.17, 15) is 13.2 Å². The molecule has 3 aromatic carbocycles. The van der Waals surface area contributed by atoms with Gasteiger partial charge in [0.25, 0.3) is 0 Å². The van der Waals surface area contributed by atoms with Crippen LogP contribution < -0.4 is 15.9 Å². The Hall–Kier alpha value is -2.21. The summed E-state index contributed by atoms with van der Waals surface area (Å²) in [7, 11) is -6.34. The maximum atomic E-state index is 10.7. The van der Waals surface area contributed by atoms with E-state index >= 15 is 0 Å². The minimum atomic E-state index is -5.84. The van der Waals surface area contributed by atoms with E-state index in [4.69, 9.17) is 13.0 Å². The van der Waals surface area contributed by atoms with Gasteiger partial charge < -0.3 is 0 Å². The number of unbranched alkanes of at least 4 members (excludes halogenated alkanes) is 4. The molecule has 0 fully saturated rings. The van der Waals surface area contributed by atoms with E-state index in [0.29, 0.717) is 0 Å². The molecule has 0 aromatic heterocycles. The topological polar surface area (TPSA) is 54.4 Å². The second-order valence-corrected chi connectivity index (χ2v) is 12.5. The average molecular weight is 553 g/mol. The number of benzene rings is 3. The summed E-state index contributed by atoms with van der Waals surface area (Å²) in [6.07, 6.45) is 10.2. The smallest absolute Gasteiger partial charge is 0.279 e. The lowest BCUT2D eigenvalue weighted by Crippen LogP contribution is -2.21. The highest BCUT2D eigenvalue weighted by Gasteiger charge is 2.44. The molecule has 0 atom stereocenters. The van der Waals surface area contributed by atoms with Gasteiger partial charge in [-0.05, 0) is 60.6 Å². The van der Waals surface area contributed by atoms with Gasteiger partial charge in [0.2, 0.25) is 0 Å². The quantitative estimate of drug-likeness (QED) is 0.118. The molecule has 0 spiro atoms. The second-order valence-electron chi connectivity index (χ2n) is 8.84. The van der Waals surface area contributed by atoms with Crippen molar-refractivity contribution in [3.63, 3.8) is 0 Å². The summed E-state index contributed by atoms with van der Waals surface area (Å²) in [4.78, 5) is 0. The van der Waals surface area contributed by atoms with Crippen molar-refractivity contribution < 1.29 is 26.1 Å². The predicted molar refractivity (Wildman–Crippen MR) is 149 cm³/mol. The van der Waals surface area contributed by atoms with Gasteiger partial charge in [0.1, 0.15) is 0 Å². The lowest BCUT2D eigenvalue weighted by molar-refractivity contribution is -0.0510. The highest BCUT2D eigenvalue weighted by Crippen LogP contribution is 2.33. The summed E-state index contributed by atoms with van der Waals surface area (Å²) in [5.74, 6) is 0. The number of rotatable bonds is 11. The molecule has 37 heavy (non-hydrogen) atoms. The Morgan fingerprint density at radius 2 is 1.00 bits per heavy atom. The van der Waals surface area contributed by atoms with Crippen LogP contribution in [0.5, 0.6) is 0 Å². The molecule has 3 aromatic rings. The van der Waals surface area contributed by atoms with E-state index in [1.807, 2.05) is 0 Å². The summed E-state index contributed by atoms with van der Waals surface area (Å²) in [6.45, 7) is 4.54. The number of hydrogen-bond donors (Lipinski definition) is 1. The molecule has 0 amide bonds. The fourth-order valence-corrected chi connectivity index (χ4v) is 6.07. The third-order valence-electron chi connectivity index (χ3n) is 5.83. The molecular formula is C29H36F3O3PS. The normalized spacial score (nSPS) is 11.8. The summed E-state index contributed by atoms with van der Waals surface area (Å²) >= 11 is 0. The Morgan fingerprint density at radius 1 is 0.649 bits per heavy atom. The van der Waals surface area contributed by atoms with E-state index in [1.54, 1.807) is 0 Å². The van der Waals surface area contributed by atoms with Gasteiger partial charge in [-0.25, -0.2) is 0 Å². The van der Waals surface area contributed by atoms with Crippen LogP contribution in [0.4, 0.5) is 13.2 Å². The monoisotopic (exact) mass is 552 g/mol. The van der Waals surface area contributed by atoms with Gasteiger partial charge in [0, 0.05) is 0 Å². The summed E-state index contributed by atoms with van der Waals surface area (Å²) < 4.78 is 57.5. The van der Waals surface area contributed by atoms with E-state index in [0.717, 1.165) is 0 Å². The first kappa shape index (κ1) is 31.0. The van der Waals surface area contributed by atoms with Crippen molar-refractivity contribution in [3.05, 3.63) is 90.0 Å². The Morgan fingerprint density at radius 3 is 1.32 bits per heavy atom. The molecule has 0 saturated carbocycles. The lowest BCUT2D eigenvalue weighted by atomic mass is 10.1. The largest absolute Gasteiger partial charge is 0.522 e. The summed E-state index contributed by atoms with van der Waals surface area (Å²) in [5, 5.41) is 4.33. The Balaban J connectivity index is 0.000000521. The zero-order chi connectivity index (χ0) is 27.3. The highest BCUT2D eigenvalue weighted by molar-refractivity contribution is 7.86. The zero-order valence-corrected chi connectivity index (χ0v) is 23.1. The Kier molecular flexibility index (Phi) is 12.8. The van der Waals surface area contributed by atoms with Crippen LogP contribution in [-0.2, 0) is 23.0 Å². The van der Waals surface area contributed by atoms with Crippen molar-refractivity contribution in [3.8, 4) is 0 Å². The standard InChI is InChI=1S/C28H35P.CHF3O3S/c1-3-5-8-12-24-16-20-27(21-17-24)29(26-14-10-7-11-15-26)28-22-18-25(19-23-28)13-9-6-4-2;2-1(3,4)8(5,6)7/h7,10-11,14-23H,3-6,8-9,12-13H2,1-2H3;(H,5,6,7). The first-order valence-electron chi connectivity index (χ1n) is 12.6. The van der Waals surface area contributed by atoms with Gasteiger partial charge in [0.05, 0.1) is 0 Å². The van der Waals surface area contributed by atoms with Crippen LogP contribution in [0, 0.1) is 0 Å². The maximum Gasteiger partial charge on any atom is 0.522 e. The molecule has 0 heterocycles. The molecule has 0 aliphatic rings. The molecule has 8 heteroatoms. The van der Waals surface area contributed by atoms with Gasteiger partial charge in [-0.2, -0.15) is 21.6 Å². The van der Waals surface area contributed by atoms with Gasteiger partial charge in [-0.15, -0.1) is 0 Å². The predicted octanol–water partition coefficient (Wildman–Crippen LogP) is 7.30. The van der Waals surface area contributed by atoms with Crippen LogP contribution in [0.25, 0.3) is 0 Å². The second kappa shape index (κ2) is 15.3. The van der Waals surface area contributed by atoms with E-state index < -0.39 is 23.5 Å². The molecule has 0 aliphatic heterocycles. The average Bonchev–Trinajstić information content (AvgIpc) is 2.86. The highest BCUT2D eigenvalue weighted by atomic mass is 32.2. The molecule has 0 radical (unpaired) electrons. The van der Waals surface area contributed by atoms with E-state index in [1.165, 1.54) is 78.4 Å². The van der Waals surface area contributed by atoms with Crippen LogP contribution in [0.1, 0.15) is 63.5 Å². The first-order chi connectivity index (χ1) is 17.6. The third kappa shape index (κ3) is 10.6. The SMILES string of the molecule is CCCCCc1ccc(P(c2ccccc2)c2ccc(CCCCC)cc2)cc1.O=S(=O)(O)C(F)(F)F. The van der Waals surface area contributed by atoms with Crippen molar-refractivity contribution in [2.45, 2.75) is 70.7 Å². The fourth-order valence-electron chi connectivity index (χ4n) is 3.81. The number of hydrogen-bond acceptors (Lipinski definition) is 2. The molecule has 0 aliphatic carbocycles. The molecule has 0 bridgehead atoms. The molecule has 0 saturated heterocycles. The van der Waals surface area contributed by atoms with Crippen molar-refractivity contribution in [1.82, 2.24) is 0 Å². The van der Waals surface area contributed by atoms with Crippen LogP contribution >= 0.6 is 7.92 Å². The fraction of sp³-hybridized carbons (Fsp3) is 0.379. The number of alkyl halides is 3. The summed E-state index contributed by atoms with van der Waals surface area (Å²) in [5.41, 5.74) is -2.60. The number of aryl methyl sites for hydroxylation is 2. The van der Waals surface area contributed by atoms with Crippen LogP contribution in [0.2, 0.25) is 0 Å². The Bertz CT molecular complexity index is 1090. The van der Waals surface area contributed by atoms with Crippen LogP contribution in [-0.4, -0.2) is 18.5 Å². The third-order valence-corrected chi connectivity index (χ3v) is 8.86. The Labute approximate surface area is 220 Å². The number of halogens is 3. The van der Waals surface area contributed by atoms with Gasteiger partial charge in [0.15, 0.2) is 0 Å². The first-order valence-corrected chi connectivity index (χ1v) is 15.4. The van der Waals surface area contributed by atoms with E-state index in [2.05, 4.69) is 92.7 Å². The molecule has 0 unspecified atom stereocenters. The van der Waals surface area contributed by atoms with Crippen molar-refractivity contribution in [2.24, 2.45) is 0 Å². The molecular weight excluding hydrogens is 516 g/mol. The van der Waals surface area contributed by atoms with Gasteiger partial charge in [-0.3, -0.25) is 4.55 Å². The van der Waals surface area contributed by atoms with Gasteiger partial charge >= 0.3 is 15.6 Å². The van der Waals surface area contributed by atoms with Crippen molar-refractivity contribution in [2.75, 3.05) is 0 Å². The minimum absolute atomic E-state index is 0.503. The molecule has 202 valence electrons. The van der Waals surface area contributed by atoms with Gasteiger partial charge in [-0.1, -0.05) is 118 Å². The van der Waals surface area contributed by atoms with Crippen molar-refractivity contribution >= 4 is 34.0 Å². The van der Waals surface area contributed by atoms with Crippen LogP contribution in [0.15, 0.2) is 78.9 Å². The van der Waals surface area contributed by atoms with Crippen molar-refractivity contribution in [1.29, 1.82) is 0 Å². The molecule has 3 rings (SSSR count). The summed E-state index contributed by atoms with van der Waals surface area (Å²) in [6, 6.07) is 29.9. The van der Waals surface area contributed by atoms with Crippen LogP contribution in [0.3, 0.4) is 0 Å². The minimum Gasteiger partial charge on any atom is -0.279 e.